The molecular weight excluding hydrogens is 262 g/mol. The Morgan fingerprint density at radius 1 is 1.29 bits per heavy atom. The lowest BCUT2D eigenvalue weighted by molar-refractivity contribution is 0.0763. The number of aliphatic hydroxyl groups is 1. The van der Waals surface area contributed by atoms with Crippen LogP contribution in [-0.2, 0) is 0 Å². The number of aromatic nitrogens is 1. The van der Waals surface area contributed by atoms with Crippen LogP contribution in [0.2, 0.25) is 0 Å². The van der Waals surface area contributed by atoms with Crippen molar-refractivity contribution in [3.8, 4) is 0 Å². The van der Waals surface area contributed by atoms with E-state index in [0.29, 0.717) is 5.92 Å². The van der Waals surface area contributed by atoms with Gasteiger partial charge in [0.25, 0.3) is 0 Å². The fourth-order valence-corrected chi connectivity index (χ4v) is 3.19. The highest BCUT2D eigenvalue weighted by Gasteiger charge is 2.22. The van der Waals surface area contributed by atoms with Crippen molar-refractivity contribution in [3.05, 3.63) is 30.0 Å². The lowest BCUT2D eigenvalue weighted by atomic mass is 9.86. The van der Waals surface area contributed by atoms with Gasteiger partial charge in [-0.3, -0.25) is 4.98 Å². The van der Waals surface area contributed by atoms with Crippen LogP contribution in [0.1, 0.15) is 31.4 Å². The molecule has 1 aliphatic rings. The van der Waals surface area contributed by atoms with Gasteiger partial charge in [-0.2, -0.15) is 0 Å². The summed E-state index contributed by atoms with van der Waals surface area (Å²) in [6.45, 7) is 2.80. The number of nitrogens with one attached hydrogen (secondary N) is 1. The quantitative estimate of drug-likeness (QED) is 0.758. The molecule has 4 heteroatoms. The highest BCUT2D eigenvalue weighted by Crippen LogP contribution is 2.28. The Balaban J connectivity index is 1.84. The Morgan fingerprint density at radius 2 is 2.10 bits per heavy atom. The van der Waals surface area contributed by atoms with Crippen molar-refractivity contribution < 1.29 is 5.11 Å². The molecule has 112 valence electrons. The van der Waals surface area contributed by atoms with E-state index in [0.717, 1.165) is 53.8 Å². The van der Waals surface area contributed by atoms with E-state index in [-0.39, 0.29) is 6.10 Å². The van der Waals surface area contributed by atoms with Crippen molar-refractivity contribution in [2.75, 3.05) is 17.6 Å². The molecule has 2 atom stereocenters. The van der Waals surface area contributed by atoms with E-state index in [1.165, 1.54) is 6.42 Å². The van der Waals surface area contributed by atoms with Crippen LogP contribution in [0.15, 0.2) is 24.3 Å². The van der Waals surface area contributed by atoms with E-state index in [1.807, 2.05) is 25.1 Å². The molecule has 1 fully saturated rings. The van der Waals surface area contributed by atoms with Gasteiger partial charge in [0.15, 0.2) is 0 Å². The average Bonchev–Trinajstić information content (AvgIpc) is 2.47. The number of rotatable bonds is 3. The number of fused-ring (bicyclic) bond motifs is 1. The van der Waals surface area contributed by atoms with Gasteiger partial charge in [0.1, 0.15) is 0 Å². The largest absolute Gasteiger partial charge is 0.399 e. The first-order chi connectivity index (χ1) is 10.1. The molecule has 4 nitrogen and oxygen atoms in total. The van der Waals surface area contributed by atoms with Crippen LogP contribution in [0.4, 0.5) is 11.4 Å². The van der Waals surface area contributed by atoms with Gasteiger partial charge in [0.2, 0.25) is 0 Å². The van der Waals surface area contributed by atoms with Gasteiger partial charge in [-0.05, 0) is 44.0 Å². The summed E-state index contributed by atoms with van der Waals surface area (Å²) in [5.74, 6) is 0.336. The predicted molar refractivity (Wildman–Crippen MR) is 87.3 cm³/mol. The van der Waals surface area contributed by atoms with Gasteiger partial charge >= 0.3 is 0 Å². The number of hydrogen-bond donors (Lipinski definition) is 3. The van der Waals surface area contributed by atoms with E-state index in [2.05, 4.69) is 16.4 Å². The summed E-state index contributed by atoms with van der Waals surface area (Å²) >= 11 is 0. The molecule has 0 radical (unpaired) electrons. The summed E-state index contributed by atoms with van der Waals surface area (Å²) in [5, 5.41) is 14.6. The van der Waals surface area contributed by atoms with Crippen molar-refractivity contribution in [1.82, 2.24) is 4.98 Å². The third kappa shape index (κ3) is 3.10. The summed E-state index contributed by atoms with van der Waals surface area (Å²) in [7, 11) is 0. The SMILES string of the molecule is Cc1cc(NCC2CCCCC2O)c2cc(N)ccc2n1. The zero-order chi connectivity index (χ0) is 14.8. The van der Waals surface area contributed by atoms with Crippen LogP contribution in [0, 0.1) is 12.8 Å². The van der Waals surface area contributed by atoms with Crippen LogP contribution in [-0.4, -0.2) is 22.7 Å². The summed E-state index contributed by atoms with van der Waals surface area (Å²) < 4.78 is 0. The zero-order valence-corrected chi connectivity index (χ0v) is 12.5. The highest BCUT2D eigenvalue weighted by molar-refractivity contribution is 5.93. The molecule has 2 unspecified atom stereocenters. The number of pyridine rings is 1. The summed E-state index contributed by atoms with van der Waals surface area (Å²) in [5.41, 5.74) is 9.64. The van der Waals surface area contributed by atoms with Crippen LogP contribution in [0.5, 0.6) is 0 Å². The number of benzene rings is 1. The minimum absolute atomic E-state index is 0.175. The molecule has 1 aliphatic carbocycles. The van der Waals surface area contributed by atoms with Crippen molar-refractivity contribution in [2.24, 2.45) is 5.92 Å². The topological polar surface area (TPSA) is 71.2 Å². The van der Waals surface area contributed by atoms with Crippen molar-refractivity contribution in [2.45, 2.75) is 38.7 Å². The number of nitrogens with two attached hydrogens (primary N) is 1. The van der Waals surface area contributed by atoms with E-state index < -0.39 is 0 Å². The monoisotopic (exact) mass is 285 g/mol. The van der Waals surface area contributed by atoms with Crippen LogP contribution in [0.3, 0.4) is 0 Å². The summed E-state index contributed by atoms with van der Waals surface area (Å²) in [6.07, 6.45) is 4.21. The summed E-state index contributed by atoms with van der Waals surface area (Å²) in [4.78, 5) is 4.54. The Hall–Kier alpha value is -1.81. The van der Waals surface area contributed by atoms with Crippen molar-refractivity contribution in [1.29, 1.82) is 0 Å². The lowest BCUT2D eigenvalue weighted by Crippen LogP contribution is -2.30. The number of nitrogen functional groups attached to an aromatic ring is 1. The molecule has 0 saturated heterocycles. The number of aryl methyl sites for hydroxylation is 1. The van der Waals surface area contributed by atoms with Gasteiger partial charge in [-0.25, -0.2) is 0 Å². The standard InChI is InChI=1S/C17H23N3O/c1-11-8-16(14-9-13(18)6-7-15(14)20-11)19-10-12-4-2-3-5-17(12)21/h6-9,12,17,21H,2-5,10,18H2,1H3,(H,19,20). The van der Waals surface area contributed by atoms with Gasteiger partial charge < -0.3 is 16.2 Å². The van der Waals surface area contributed by atoms with Crippen molar-refractivity contribution >= 4 is 22.3 Å². The molecule has 4 N–H and O–H groups in total. The van der Waals surface area contributed by atoms with E-state index in [4.69, 9.17) is 5.73 Å². The molecule has 2 aromatic rings. The second-order valence-electron chi connectivity index (χ2n) is 6.08. The van der Waals surface area contributed by atoms with E-state index >= 15 is 0 Å². The molecule has 1 aromatic heterocycles. The van der Waals surface area contributed by atoms with E-state index in [9.17, 15) is 5.11 Å². The van der Waals surface area contributed by atoms with Gasteiger partial charge in [0, 0.05) is 34.9 Å². The third-order valence-corrected chi connectivity index (χ3v) is 4.38. The Morgan fingerprint density at radius 3 is 2.90 bits per heavy atom. The minimum atomic E-state index is -0.175. The van der Waals surface area contributed by atoms with E-state index in [1.54, 1.807) is 0 Å². The van der Waals surface area contributed by atoms with Crippen LogP contribution < -0.4 is 11.1 Å². The summed E-state index contributed by atoms with van der Waals surface area (Å²) in [6, 6.07) is 7.85. The third-order valence-electron chi connectivity index (χ3n) is 4.38. The Labute approximate surface area is 125 Å². The first-order valence-electron chi connectivity index (χ1n) is 7.72. The molecule has 1 saturated carbocycles. The molecule has 0 spiro atoms. The first-order valence-corrected chi connectivity index (χ1v) is 7.72. The molecule has 21 heavy (non-hydrogen) atoms. The fraction of sp³-hybridized carbons (Fsp3) is 0.471. The molecule has 1 heterocycles. The fourth-order valence-electron chi connectivity index (χ4n) is 3.19. The van der Waals surface area contributed by atoms with Gasteiger partial charge in [-0.15, -0.1) is 0 Å². The molecule has 0 bridgehead atoms. The predicted octanol–water partition coefficient (Wildman–Crippen LogP) is 3.09. The lowest BCUT2D eigenvalue weighted by Gasteiger charge is -2.28. The average molecular weight is 285 g/mol. The maximum atomic E-state index is 10.1. The minimum Gasteiger partial charge on any atom is -0.399 e. The second kappa shape index (κ2) is 5.90. The maximum Gasteiger partial charge on any atom is 0.0727 e. The first kappa shape index (κ1) is 14.1. The van der Waals surface area contributed by atoms with Crippen molar-refractivity contribution in [3.63, 3.8) is 0 Å². The molecule has 0 amide bonds. The maximum absolute atomic E-state index is 10.1. The molecule has 1 aromatic carbocycles. The molecular formula is C17H23N3O. The van der Waals surface area contributed by atoms with Gasteiger partial charge in [0.05, 0.1) is 11.6 Å². The highest BCUT2D eigenvalue weighted by atomic mass is 16.3. The van der Waals surface area contributed by atoms with Gasteiger partial charge in [-0.1, -0.05) is 12.8 Å². The Bertz CT molecular complexity index is 641. The Kier molecular flexibility index (Phi) is 3.97. The number of aliphatic hydroxyl groups excluding tert-OH is 1. The number of hydrogen-bond acceptors (Lipinski definition) is 4. The molecule has 3 rings (SSSR count). The molecule has 0 aliphatic heterocycles. The smallest absolute Gasteiger partial charge is 0.0727 e. The number of nitrogens with zero attached hydrogens (tertiary/aromatic N) is 1. The van der Waals surface area contributed by atoms with Crippen LogP contribution in [0.25, 0.3) is 10.9 Å². The normalized spacial score (nSPS) is 22.4. The number of anilines is 2. The zero-order valence-electron chi connectivity index (χ0n) is 12.5. The second-order valence-corrected chi connectivity index (χ2v) is 6.08. The van der Waals surface area contributed by atoms with Crippen LogP contribution >= 0.6 is 0 Å².